The van der Waals surface area contributed by atoms with Gasteiger partial charge in [0.25, 0.3) is 40.0 Å². The molecule has 126 valence electrons. The average Bonchev–Trinajstić information content (AvgIpc) is 2.49. The molecule has 0 aromatic rings. The largest absolute Gasteiger partial charge is 0.425 e. The molecular weight excluding hydrogens is 353 g/mol. The molecule has 1 aliphatic rings. The van der Waals surface area contributed by atoms with E-state index < -0.39 is 48.6 Å². The Hall–Kier alpha value is 0.884. The first-order chi connectivity index (χ1) is 10.3. The van der Waals surface area contributed by atoms with Crippen molar-refractivity contribution in [1.82, 2.24) is 0 Å². The monoisotopic (exact) mass is 384 g/mol. The summed E-state index contributed by atoms with van der Waals surface area (Å²) in [4.78, 5) is 0. The molecule has 0 atom stereocenters. The molecule has 1 aliphatic heterocycles. The SMILES string of the molecule is CCCCCCCCCC[Si]1(C)O[SiH2]O[SiH2]O[SiH2]O[SiH2]O1. The summed E-state index contributed by atoms with van der Waals surface area (Å²) in [6, 6.07) is 1.10. The fourth-order valence-corrected chi connectivity index (χ4v) is 13.5. The lowest BCUT2D eigenvalue weighted by atomic mass is 10.1. The molecule has 0 unspecified atom stereocenters. The van der Waals surface area contributed by atoms with Gasteiger partial charge in [-0.3, -0.25) is 0 Å². The van der Waals surface area contributed by atoms with Crippen LogP contribution in [0.1, 0.15) is 58.3 Å². The standard InChI is InChI=1S/C11H32O5Si5/c1-3-4-5-6-7-8-9-10-11-21(2)15-19-13-17-12-18-14-20-16-21/h3-11,17-20H2,1-2H3. The second-order valence-electron chi connectivity index (χ2n) is 5.73. The number of hydrogen-bond donors (Lipinski definition) is 0. The third-order valence-corrected chi connectivity index (χ3v) is 14.8. The zero-order chi connectivity index (χ0) is 15.2. The first-order valence-corrected chi connectivity index (χ1v) is 15.4. The van der Waals surface area contributed by atoms with Crippen molar-refractivity contribution < 1.29 is 20.6 Å². The van der Waals surface area contributed by atoms with Gasteiger partial charge in [0.2, 0.25) is 0 Å². The van der Waals surface area contributed by atoms with E-state index in [4.69, 9.17) is 20.6 Å². The van der Waals surface area contributed by atoms with Crippen LogP contribution in [0.2, 0.25) is 12.6 Å². The Morgan fingerprint density at radius 1 is 0.667 bits per heavy atom. The van der Waals surface area contributed by atoms with Crippen molar-refractivity contribution in [3.05, 3.63) is 0 Å². The van der Waals surface area contributed by atoms with E-state index in [1.54, 1.807) is 0 Å². The molecule has 1 saturated heterocycles. The number of rotatable bonds is 9. The van der Waals surface area contributed by atoms with Crippen molar-refractivity contribution in [1.29, 1.82) is 0 Å². The predicted molar refractivity (Wildman–Crippen MR) is 98.6 cm³/mol. The molecule has 1 rings (SSSR count). The fraction of sp³-hybridized carbons (Fsp3) is 1.00. The zero-order valence-electron chi connectivity index (χ0n) is 13.7. The maximum Gasteiger partial charge on any atom is 0.316 e. The molecule has 21 heavy (non-hydrogen) atoms. The lowest BCUT2D eigenvalue weighted by molar-refractivity contribution is 0.313. The zero-order valence-corrected chi connectivity index (χ0v) is 20.4. The van der Waals surface area contributed by atoms with E-state index in [1.165, 1.54) is 51.4 Å². The highest BCUT2D eigenvalue weighted by atomic mass is 28.5. The van der Waals surface area contributed by atoms with Crippen LogP contribution in [-0.4, -0.2) is 48.6 Å². The second-order valence-corrected chi connectivity index (χ2v) is 16.6. The molecule has 0 bridgehead atoms. The Balaban J connectivity index is 2.08. The number of unbranched alkanes of at least 4 members (excludes halogenated alkanes) is 7. The van der Waals surface area contributed by atoms with E-state index in [0.717, 1.165) is 6.04 Å². The lowest BCUT2D eigenvalue weighted by Gasteiger charge is -2.28. The summed E-state index contributed by atoms with van der Waals surface area (Å²) < 4.78 is 28.5. The molecule has 0 aliphatic carbocycles. The molecule has 1 fully saturated rings. The van der Waals surface area contributed by atoms with Crippen LogP contribution in [-0.2, 0) is 20.6 Å². The van der Waals surface area contributed by atoms with E-state index in [9.17, 15) is 0 Å². The van der Waals surface area contributed by atoms with Crippen LogP contribution in [0.25, 0.3) is 0 Å². The first-order valence-electron chi connectivity index (χ1n) is 8.28. The average molecular weight is 385 g/mol. The van der Waals surface area contributed by atoms with Gasteiger partial charge in [0.15, 0.2) is 0 Å². The Bertz CT molecular complexity index is 239. The van der Waals surface area contributed by atoms with Gasteiger partial charge >= 0.3 is 8.56 Å². The quantitative estimate of drug-likeness (QED) is 0.422. The maximum atomic E-state index is 6.02. The second kappa shape index (κ2) is 13.3. The lowest BCUT2D eigenvalue weighted by Crippen LogP contribution is -2.43. The predicted octanol–water partition coefficient (Wildman–Crippen LogP) is 0.291. The van der Waals surface area contributed by atoms with Gasteiger partial charge < -0.3 is 20.6 Å². The fourth-order valence-electron chi connectivity index (χ4n) is 2.32. The van der Waals surface area contributed by atoms with Crippen molar-refractivity contribution in [2.75, 3.05) is 0 Å². The van der Waals surface area contributed by atoms with Gasteiger partial charge in [-0.05, 0) is 12.6 Å². The highest BCUT2D eigenvalue weighted by Gasteiger charge is 2.30. The Labute approximate surface area is 140 Å². The molecule has 5 nitrogen and oxygen atoms in total. The van der Waals surface area contributed by atoms with E-state index in [0.29, 0.717) is 0 Å². The topological polar surface area (TPSA) is 46.2 Å². The van der Waals surface area contributed by atoms with Crippen molar-refractivity contribution in [2.24, 2.45) is 0 Å². The van der Waals surface area contributed by atoms with Crippen molar-refractivity contribution in [3.8, 4) is 0 Å². The molecule has 0 radical (unpaired) electrons. The van der Waals surface area contributed by atoms with E-state index in [-0.39, 0.29) is 0 Å². The van der Waals surface area contributed by atoms with Crippen LogP contribution in [0.4, 0.5) is 0 Å². The summed E-state index contributed by atoms with van der Waals surface area (Å²) in [6.45, 7) is 4.45. The van der Waals surface area contributed by atoms with Crippen LogP contribution in [0.5, 0.6) is 0 Å². The summed E-state index contributed by atoms with van der Waals surface area (Å²) in [5, 5.41) is 0. The van der Waals surface area contributed by atoms with Gasteiger partial charge in [-0.25, -0.2) is 0 Å². The van der Waals surface area contributed by atoms with Crippen molar-refractivity contribution in [2.45, 2.75) is 70.9 Å². The summed E-state index contributed by atoms with van der Waals surface area (Å²) >= 11 is 0. The van der Waals surface area contributed by atoms with E-state index in [2.05, 4.69) is 13.5 Å². The Kier molecular flexibility index (Phi) is 12.7. The normalized spacial score (nSPS) is 29.4. The maximum absolute atomic E-state index is 6.02. The summed E-state index contributed by atoms with van der Waals surface area (Å²) in [5.74, 6) is 0. The third kappa shape index (κ3) is 11.1. The van der Waals surface area contributed by atoms with Gasteiger partial charge in [0, 0.05) is 0 Å². The van der Waals surface area contributed by atoms with Crippen LogP contribution >= 0.6 is 0 Å². The minimum absolute atomic E-state index is 0.810. The molecule has 10 heteroatoms. The molecule has 1 heterocycles. The molecular formula is C11H32O5Si5. The first kappa shape index (κ1) is 19.9. The molecule has 0 saturated carbocycles. The highest BCUT2D eigenvalue weighted by molar-refractivity contribution is 6.74. The molecule has 0 N–H and O–H groups in total. The van der Waals surface area contributed by atoms with Crippen molar-refractivity contribution in [3.63, 3.8) is 0 Å². The molecule has 0 aromatic carbocycles. The smallest absolute Gasteiger partial charge is 0.316 e. The molecule has 0 aromatic heterocycles. The minimum Gasteiger partial charge on any atom is -0.425 e. The summed E-state index contributed by atoms with van der Waals surface area (Å²) in [5.41, 5.74) is 0. The minimum atomic E-state index is -1.99. The van der Waals surface area contributed by atoms with Gasteiger partial charge in [0.05, 0.1) is 0 Å². The van der Waals surface area contributed by atoms with Gasteiger partial charge in [-0.1, -0.05) is 58.3 Å². The Morgan fingerprint density at radius 3 is 1.71 bits per heavy atom. The highest BCUT2D eigenvalue weighted by Crippen LogP contribution is 2.18. The van der Waals surface area contributed by atoms with Gasteiger partial charge in [-0.15, -0.1) is 0 Å². The van der Waals surface area contributed by atoms with Crippen LogP contribution < -0.4 is 0 Å². The summed E-state index contributed by atoms with van der Waals surface area (Å²) in [7, 11) is -5.38. The van der Waals surface area contributed by atoms with E-state index in [1.807, 2.05) is 0 Å². The summed E-state index contributed by atoms with van der Waals surface area (Å²) in [6.07, 6.45) is 10.8. The third-order valence-electron chi connectivity index (χ3n) is 3.71. The van der Waals surface area contributed by atoms with Crippen molar-refractivity contribution >= 4 is 48.6 Å². The van der Waals surface area contributed by atoms with Crippen LogP contribution in [0, 0.1) is 0 Å². The number of hydrogen-bond acceptors (Lipinski definition) is 5. The molecule has 0 amide bonds. The van der Waals surface area contributed by atoms with Gasteiger partial charge in [-0.2, -0.15) is 0 Å². The Morgan fingerprint density at radius 2 is 1.14 bits per heavy atom. The van der Waals surface area contributed by atoms with E-state index >= 15 is 0 Å². The van der Waals surface area contributed by atoms with Crippen LogP contribution in [0.15, 0.2) is 0 Å². The van der Waals surface area contributed by atoms with Crippen LogP contribution in [0.3, 0.4) is 0 Å². The van der Waals surface area contributed by atoms with Gasteiger partial charge in [0.1, 0.15) is 0 Å². The molecule has 0 spiro atoms.